The van der Waals surface area contributed by atoms with E-state index in [0.29, 0.717) is 18.0 Å². The van der Waals surface area contributed by atoms with Crippen molar-refractivity contribution >= 4 is 10.0 Å². The fourth-order valence-electron chi connectivity index (χ4n) is 3.42. The van der Waals surface area contributed by atoms with Gasteiger partial charge in [-0.15, -0.1) is 0 Å². The molecule has 0 radical (unpaired) electrons. The molecule has 1 aromatic heterocycles. The molecule has 0 atom stereocenters. The van der Waals surface area contributed by atoms with Crippen molar-refractivity contribution in [3.8, 4) is 0 Å². The molecule has 1 aliphatic heterocycles. The summed E-state index contributed by atoms with van der Waals surface area (Å²) < 4.78 is 29.8. The number of imidazole rings is 1. The number of benzene rings is 1. The highest BCUT2D eigenvalue weighted by molar-refractivity contribution is 7.89. The van der Waals surface area contributed by atoms with Gasteiger partial charge < -0.3 is 4.57 Å². The number of aryl methyl sites for hydroxylation is 3. The number of piperazine rings is 1. The summed E-state index contributed by atoms with van der Waals surface area (Å²) in [5.74, 6) is 1.10. The summed E-state index contributed by atoms with van der Waals surface area (Å²) in [6.45, 7) is 10.3. The van der Waals surface area contributed by atoms with Crippen LogP contribution in [0, 0.1) is 13.8 Å². The van der Waals surface area contributed by atoms with E-state index in [1.807, 2.05) is 38.4 Å². The predicted octanol–water partition coefficient (Wildman–Crippen LogP) is 2.07. The van der Waals surface area contributed by atoms with Gasteiger partial charge in [0.1, 0.15) is 5.82 Å². The van der Waals surface area contributed by atoms with Crippen molar-refractivity contribution in [2.75, 3.05) is 32.7 Å². The van der Waals surface area contributed by atoms with E-state index in [-0.39, 0.29) is 0 Å². The first-order valence-corrected chi connectivity index (χ1v) is 10.7. The highest BCUT2D eigenvalue weighted by Gasteiger charge is 2.29. The van der Waals surface area contributed by atoms with Gasteiger partial charge in [-0.05, 0) is 31.0 Å². The normalized spacial score (nSPS) is 16.9. The average molecular weight is 377 g/mol. The zero-order valence-corrected chi connectivity index (χ0v) is 16.7. The number of aromatic nitrogens is 2. The van der Waals surface area contributed by atoms with Crippen molar-refractivity contribution in [3.63, 3.8) is 0 Å². The van der Waals surface area contributed by atoms with Crippen LogP contribution < -0.4 is 0 Å². The lowest BCUT2D eigenvalue weighted by Gasteiger charge is -2.34. The van der Waals surface area contributed by atoms with Crippen LogP contribution in [0.25, 0.3) is 0 Å². The summed E-state index contributed by atoms with van der Waals surface area (Å²) in [5.41, 5.74) is 1.78. The molecule has 0 N–H and O–H groups in total. The molecule has 0 saturated carbocycles. The van der Waals surface area contributed by atoms with Crippen molar-refractivity contribution < 1.29 is 8.42 Å². The Hall–Kier alpha value is -1.70. The minimum Gasteiger partial charge on any atom is -0.334 e. The van der Waals surface area contributed by atoms with E-state index in [9.17, 15) is 8.42 Å². The molecule has 0 bridgehead atoms. The van der Waals surface area contributed by atoms with Gasteiger partial charge in [-0.3, -0.25) is 4.90 Å². The molecule has 0 aliphatic carbocycles. The number of nitrogens with zero attached hydrogens (tertiary/aromatic N) is 4. The summed E-state index contributed by atoms with van der Waals surface area (Å²) in [4.78, 5) is 7.12. The van der Waals surface area contributed by atoms with Gasteiger partial charge in [0.15, 0.2) is 0 Å². The van der Waals surface area contributed by atoms with Crippen LogP contribution in [0.3, 0.4) is 0 Å². The van der Waals surface area contributed by atoms with Gasteiger partial charge in [-0.25, -0.2) is 13.4 Å². The third kappa shape index (κ3) is 4.00. The van der Waals surface area contributed by atoms with Crippen LogP contribution in [0.5, 0.6) is 0 Å². The van der Waals surface area contributed by atoms with Gasteiger partial charge in [0.05, 0.1) is 4.90 Å². The Morgan fingerprint density at radius 3 is 2.50 bits per heavy atom. The third-order valence-electron chi connectivity index (χ3n) is 5.07. The molecule has 1 aliphatic rings. The van der Waals surface area contributed by atoms with Gasteiger partial charge in [-0.2, -0.15) is 4.31 Å². The molecule has 26 heavy (non-hydrogen) atoms. The number of hydrogen-bond acceptors (Lipinski definition) is 4. The molecule has 0 spiro atoms. The minimum atomic E-state index is -3.42. The molecule has 1 fully saturated rings. The molecule has 6 nitrogen and oxygen atoms in total. The molecule has 3 rings (SSSR count). The van der Waals surface area contributed by atoms with Gasteiger partial charge in [0, 0.05) is 58.1 Å². The highest BCUT2D eigenvalue weighted by atomic mass is 32.2. The van der Waals surface area contributed by atoms with E-state index in [0.717, 1.165) is 49.6 Å². The average Bonchev–Trinajstić information content (AvgIpc) is 3.10. The first kappa shape index (κ1) is 19.1. The lowest BCUT2D eigenvalue weighted by atomic mass is 10.2. The van der Waals surface area contributed by atoms with Crippen LogP contribution in [0.15, 0.2) is 35.5 Å². The first-order chi connectivity index (χ1) is 12.4. The van der Waals surface area contributed by atoms with E-state index in [1.165, 1.54) is 0 Å². The molecule has 0 unspecified atom stereocenters. The quantitative estimate of drug-likeness (QED) is 0.774. The Kier molecular flexibility index (Phi) is 5.79. The monoisotopic (exact) mass is 376 g/mol. The summed E-state index contributed by atoms with van der Waals surface area (Å²) in [6, 6.07) is 5.62. The molecule has 142 valence electrons. The Morgan fingerprint density at radius 2 is 1.81 bits per heavy atom. The molecule has 0 amide bonds. The fourth-order valence-corrected chi connectivity index (χ4v) is 5.16. The Morgan fingerprint density at radius 1 is 1.08 bits per heavy atom. The van der Waals surface area contributed by atoms with Crippen molar-refractivity contribution in [2.45, 2.75) is 38.6 Å². The minimum absolute atomic E-state index is 0.442. The summed E-state index contributed by atoms with van der Waals surface area (Å²) in [6.07, 6.45) is 4.78. The largest absolute Gasteiger partial charge is 0.334 e. The number of hydrogen-bond donors (Lipinski definition) is 0. The van der Waals surface area contributed by atoms with E-state index in [1.54, 1.807) is 10.4 Å². The zero-order chi connectivity index (χ0) is 18.7. The van der Waals surface area contributed by atoms with Crippen LogP contribution in [0.2, 0.25) is 0 Å². The van der Waals surface area contributed by atoms with E-state index >= 15 is 0 Å². The van der Waals surface area contributed by atoms with Crippen molar-refractivity contribution in [3.05, 3.63) is 47.5 Å². The summed E-state index contributed by atoms with van der Waals surface area (Å²) >= 11 is 0. The SMILES string of the molecule is CCc1nccn1CCN1CCN(S(=O)(=O)c2cc(C)ccc2C)CC1. The van der Waals surface area contributed by atoms with Crippen LogP contribution in [0.4, 0.5) is 0 Å². The molecule has 1 saturated heterocycles. The van der Waals surface area contributed by atoms with Gasteiger partial charge in [0.25, 0.3) is 0 Å². The second kappa shape index (κ2) is 7.90. The van der Waals surface area contributed by atoms with Crippen LogP contribution in [-0.2, 0) is 23.0 Å². The fraction of sp³-hybridized carbons (Fsp3) is 0.526. The Bertz CT molecular complexity index is 852. The maximum atomic E-state index is 13.0. The number of rotatable bonds is 6. The maximum Gasteiger partial charge on any atom is 0.243 e. The third-order valence-corrected chi connectivity index (χ3v) is 7.11. The van der Waals surface area contributed by atoms with Gasteiger partial charge in [-0.1, -0.05) is 19.1 Å². The molecular weight excluding hydrogens is 348 g/mol. The van der Waals surface area contributed by atoms with Crippen molar-refractivity contribution in [1.29, 1.82) is 0 Å². The molecular formula is C19H28N4O2S. The Balaban J connectivity index is 1.60. The van der Waals surface area contributed by atoms with Gasteiger partial charge >= 0.3 is 0 Å². The predicted molar refractivity (Wildman–Crippen MR) is 103 cm³/mol. The van der Waals surface area contributed by atoms with E-state index in [2.05, 4.69) is 21.4 Å². The highest BCUT2D eigenvalue weighted by Crippen LogP contribution is 2.22. The second-order valence-electron chi connectivity index (χ2n) is 6.91. The lowest BCUT2D eigenvalue weighted by Crippen LogP contribution is -2.49. The lowest BCUT2D eigenvalue weighted by molar-refractivity contribution is 0.182. The first-order valence-electron chi connectivity index (χ1n) is 9.21. The molecule has 2 heterocycles. The maximum absolute atomic E-state index is 13.0. The molecule has 2 aromatic rings. The van der Waals surface area contributed by atoms with Crippen LogP contribution in [0.1, 0.15) is 23.9 Å². The molecule has 1 aromatic carbocycles. The van der Waals surface area contributed by atoms with Crippen molar-refractivity contribution in [1.82, 2.24) is 18.8 Å². The second-order valence-corrected chi connectivity index (χ2v) is 8.81. The standard InChI is InChI=1S/C19H28N4O2S/c1-4-19-20-7-8-22(19)12-9-21-10-13-23(14-11-21)26(24,25)18-15-16(2)5-6-17(18)3/h5-8,15H,4,9-14H2,1-3H3. The van der Waals surface area contributed by atoms with Crippen LogP contribution >= 0.6 is 0 Å². The number of sulfonamides is 1. The van der Waals surface area contributed by atoms with Crippen LogP contribution in [-0.4, -0.2) is 59.9 Å². The van der Waals surface area contributed by atoms with E-state index in [4.69, 9.17) is 0 Å². The smallest absolute Gasteiger partial charge is 0.243 e. The zero-order valence-electron chi connectivity index (χ0n) is 15.9. The van der Waals surface area contributed by atoms with Crippen molar-refractivity contribution in [2.24, 2.45) is 0 Å². The van der Waals surface area contributed by atoms with Gasteiger partial charge in [0.2, 0.25) is 10.0 Å². The van der Waals surface area contributed by atoms with E-state index < -0.39 is 10.0 Å². The summed E-state index contributed by atoms with van der Waals surface area (Å²) in [5, 5.41) is 0. The Labute approximate surface area is 156 Å². The molecule has 7 heteroatoms. The summed E-state index contributed by atoms with van der Waals surface area (Å²) in [7, 11) is -3.42. The topological polar surface area (TPSA) is 58.4 Å².